The quantitative estimate of drug-likeness (QED) is 0.563. The van der Waals surface area contributed by atoms with Gasteiger partial charge in [-0.05, 0) is 25.3 Å². The van der Waals surface area contributed by atoms with Gasteiger partial charge in [0.05, 0.1) is 17.2 Å². The molecule has 2 N–H and O–H groups in total. The van der Waals surface area contributed by atoms with Crippen LogP contribution in [0.5, 0.6) is 0 Å². The number of nitrogens with one attached hydrogen (secondary N) is 1. The van der Waals surface area contributed by atoms with Gasteiger partial charge in [-0.2, -0.15) is 0 Å². The van der Waals surface area contributed by atoms with Crippen molar-refractivity contribution in [2.24, 2.45) is 0 Å². The van der Waals surface area contributed by atoms with Crippen molar-refractivity contribution in [1.82, 2.24) is 4.90 Å². The molecule has 7 nitrogen and oxygen atoms in total. The average molecular weight is 307 g/mol. The summed E-state index contributed by atoms with van der Waals surface area (Å²) in [5.41, 5.74) is 1.22. The summed E-state index contributed by atoms with van der Waals surface area (Å²) < 4.78 is 0. The van der Waals surface area contributed by atoms with E-state index in [0.29, 0.717) is 31.2 Å². The van der Waals surface area contributed by atoms with Gasteiger partial charge in [0.1, 0.15) is 0 Å². The van der Waals surface area contributed by atoms with Gasteiger partial charge < -0.3 is 10.4 Å². The van der Waals surface area contributed by atoms with Crippen LogP contribution in [0.1, 0.15) is 24.8 Å². The molecular weight excluding hydrogens is 286 g/mol. The molecule has 1 aliphatic carbocycles. The molecule has 22 heavy (non-hydrogen) atoms. The fourth-order valence-electron chi connectivity index (χ4n) is 2.36. The van der Waals surface area contributed by atoms with Crippen LogP contribution in [0.4, 0.5) is 11.4 Å². The molecule has 0 aliphatic heterocycles. The summed E-state index contributed by atoms with van der Waals surface area (Å²) in [5.74, 6) is -0.174. The van der Waals surface area contributed by atoms with E-state index in [1.54, 1.807) is 13.0 Å². The summed E-state index contributed by atoms with van der Waals surface area (Å²) in [5, 5.41) is 22.5. The number of carbonyl (C=O) groups excluding carboxylic acids is 1. The Bertz CT molecular complexity index is 558. The molecule has 0 spiro atoms. The van der Waals surface area contributed by atoms with Crippen molar-refractivity contribution in [2.45, 2.75) is 32.2 Å². The number of rotatable bonds is 8. The number of amides is 1. The number of non-ortho nitro benzene ring substituents is 1. The lowest BCUT2D eigenvalue weighted by atomic mass is 10.1. The van der Waals surface area contributed by atoms with Crippen molar-refractivity contribution in [2.75, 3.05) is 25.0 Å². The van der Waals surface area contributed by atoms with Crippen molar-refractivity contribution >= 4 is 17.3 Å². The van der Waals surface area contributed by atoms with Crippen LogP contribution >= 0.6 is 0 Å². The maximum Gasteiger partial charge on any atom is 0.271 e. The van der Waals surface area contributed by atoms with Crippen molar-refractivity contribution < 1.29 is 14.8 Å². The topological polar surface area (TPSA) is 95.7 Å². The minimum Gasteiger partial charge on any atom is -0.395 e. The first kappa shape index (κ1) is 16.4. The molecule has 1 aliphatic rings. The summed E-state index contributed by atoms with van der Waals surface area (Å²) >= 11 is 0. The van der Waals surface area contributed by atoms with E-state index in [1.807, 2.05) is 0 Å². The summed E-state index contributed by atoms with van der Waals surface area (Å²) in [6.07, 6.45) is 2.54. The molecule has 1 saturated carbocycles. The molecule has 1 aromatic rings. The van der Waals surface area contributed by atoms with Gasteiger partial charge in [0.25, 0.3) is 5.69 Å². The number of aliphatic hydroxyl groups excluding tert-OH is 1. The molecule has 0 heterocycles. The van der Waals surface area contributed by atoms with E-state index < -0.39 is 4.92 Å². The molecule has 7 heteroatoms. The van der Waals surface area contributed by atoms with Crippen LogP contribution in [0, 0.1) is 17.0 Å². The lowest BCUT2D eigenvalue weighted by Crippen LogP contribution is -2.32. The number of aryl methyl sites for hydroxylation is 1. The molecule has 1 aromatic carbocycles. The Labute approximate surface area is 129 Å². The van der Waals surface area contributed by atoms with Crippen LogP contribution in [0.15, 0.2) is 18.2 Å². The smallest absolute Gasteiger partial charge is 0.271 e. The second-order valence-corrected chi connectivity index (χ2v) is 5.55. The minimum absolute atomic E-state index is 0.0409. The summed E-state index contributed by atoms with van der Waals surface area (Å²) in [6, 6.07) is 4.90. The molecule has 0 bridgehead atoms. The number of nitrogens with zero attached hydrogens (tertiary/aromatic N) is 2. The average Bonchev–Trinajstić information content (AvgIpc) is 3.30. The number of carbonyl (C=O) groups is 1. The Morgan fingerprint density at radius 1 is 1.45 bits per heavy atom. The first-order chi connectivity index (χ1) is 10.5. The molecule has 2 rings (SSSR count). The maximum absolute atomic E-state index is 12.0. The summed E-state index contributed by atoms with van der Waals surface area (Å²) in [4.78, 5) is 24.4. The predicted octanol–water partition coefficient (Wildman–Crippen LogP) is 1.69. The van der Waals surface area contributed by atoms with Crippen molar-refractivity contribution in [3.05, 3.63) is 33.9 Å². The van der Waals surface area contributed by atoms with E-state index in [1.165, 1.54) is 12.1 Å². The SMILES string of the molecule is Cc1ccc([N+](=O)[O-])cc1NC(=O)CCN(CCO)C1CC1. The molecule has 120 valence electrons. The Kier molecular flexibility index (Phi) is 5.46. The largest absolute Gasteiger partial charge is 0.395 e. The minimum atomic E-state index is -0.481. The van der Waals surface area contributed by atoms with Gasteiger partial charge in [-0.15, -0.1) is 0 Å². The highest BCUT2D eigenvalue weighted by Crippen LogP contribution is 2.26. The lowest BCUT2D eigenvalue weighted by molar-refractivity contribution is -0.384. The standard InChI is InChI=1S/C15H21N3O4/c1-11-2-3-13(18(21)22)10-14(11)16-15(20)6-7-17(8-9-19)12-4-5-12/h2-3,10,12,19H,4-9H2,1H3,(H,16,20). The van der Waals surface area contributed by atoms with Crippen molar-refractivity contribution in [3.63, 3.8) is 0 Å². The van der Waals surface area contributed by atoms with E-state index in [-0.39, 0.29) is 18.2 Å². The van der Waals surface area contributed by atoms with Gasteiger partial charge in [-0.1, -0.05) is 6.07 Å². The van der Waals surface area contributed by atoms with Crippen LogP contribution in [0.2, 0.25) is 0 Å². The van der Waals surface area contributed by atoms with Crippen LogP contribution in [0.25, 0.3) is 0 Å². The molecular formula is C15H21N3O4. The van der Waals surface area contributed by atoms with Crippen molar-refractivity contribution in [3.8, 4) is 0 Å². The number of hydrogen-bond donors (Lipinski definition) is 2. The highest BCUT2D eigenvalue weighted by Gasteiger charge is 2.28. The number of anilines is 1. The van der Waals surface area contributed by atoms with E-state index in [4.69, 9.17) is 5.11 Å². The van der Waals surface area contributed by atoms with E-state index in [9.17, 15) is 14.9 Å². The number of nitro groups is 1. The van der Waals surface area contributed by atoms with Crippen LogP contribution < -0.4 is 5.32 Å². The monoisotopic (exact) mass is 307 g/mol. The molecule has 1 amide bonds. The normalized spacial score (nSPS) is 14.1. The van der Waals surface area contributed by atoms with Gasteiger partial charge >= 0.3 is 0 Å². The molecule has 0 saturated heterocycles. The van der Waals surface area contributed by atoms with E-state index in [2.05, 4.69) is 10.2 Å². The zero-order valence-electron chi connectivity index (χ0n) is 12.6. The first-order valence-corrected chi connectivity index (χ1v) is 7.41. The highest BCUT2D eigenvalue weighted by molar-refractivity contribution is 5.92. The third-order valence-electron chi connectivity index (χ3n) is 3.78. The second-order valence-electron chi connectivity index (χ2n) is 5.55. The Hall–Kier alpha value is -1.99. The fraction of sp³-hybridized carbons (Fsp3) is 0.533. The zero-order valence-corrected chi connectivity index (χ0v) is 12.6. The highest BCUT2D eigenvalue weighted by atomic mass is 16.6. The molecule has 0 atom stereocenters. The summed E-state index contributed by atoms with van der Waals surface area (Å²) in [7, 11) is 0. The maximum atomic E-state index is 12.0. The molecule has 1 fully saturated rings. The number of benzene rings is 1. The molecule has 0 aromatic heterocycles. The molecule has 0 unspecified atom stereocenters. The zero-order chi connectivity index (χ0) is 16.1. The van der Waals surface area contributed by atoms with Crippen LogP contribution in [-0.4, -0.2) is 46.6 Å². The lowest BCUT2D eigenvalue weighted by Gasteiger charge is -2.20. The Morgan fingerprint density at radius 3 is 2.77 bits per heavy atom. The molecule has 0 radical (unpaired) electrons. The van der Waals surface area contributed by atoms with Gasteiger partial charge in [-0.3, -0.25) is 19.8 Å². The fourth-order valence-corrected chi connectivity index (χ4v) is 2.36. The van der Waals surface area contributed by atoms with E-state index in [0.717, 1.165) is 18.4 Å². The summed E-state index contributed by atoms with van der Waals surface area (Å²) in [6.45, 7) is 3.04. The Balaban J connectivity index is 1.91. The Morgan fingerprint density at radius 2 is 2.18 bits per heavy atom. The number of nitro benzene ring substituents is 1. The third kappa shape index (κ3) is 4.51. The number of aliphatic hydroxyl groups is 1. The van der Waals surface area contributed by atoms with Crippen LogP contribution in [-0.2, 0) is 4.79 Å². The number of hydrogen-bond acceptors (Lipinski definition) is 5. The van der Waals surface area contributed by atoms with Gasteiger partial charge in [0, 0.05) is 37.7 Å². The van der Waals surface area contributed by atoms with Gasteiger partial charge in [0.15, 0.2) is 0 Å². The second kappa shape index (κ2) is 7.33. The van der Waals surface area contributed by atoms with Gasteiger partial charge in [-0.25, -0.2) is 0 Å². The predicted molar refractivity (Wildman–Crippen MR) is 82.8 cm³/mol. The first-order valence-electron chi connectivity index (χ1n) is 7.41. The van der Waals surface area contributed by atoms with Gasteiger partial charge in [0.2, 0.25) is 5.91 Å². The third-order valence-corrected chi connectivity index (χ3v) is 3.78. The van der Waals surface area contributed by atoms with E-state index >= 15 is 0 Å². The van der Waals surface area contributed by atoms with Crippen molar-refractivity contribution in [1.29, 1.82) is 0 Å². The van der Waals surface area contributed by atoms with Crippen LogP contribution in [0.3, 0.4) is 0 Å².